The molecule has 0 bridgehead atoms. The molecule has 18 heavy (non-hydrogen) atoms. The summed E-state index contributed by atoms with van der Waals surface area (Å²) >= 11 is 3.63. The van der Waals surface area contributed by atoms with E-state index in [1.165, 1.54) is 11.1 Å². The summed E-state index contributed by atoms with van der Waals surface area (Å²) in [6, 6.07) is 4.32. The van der Waals surface area contributed by atoms with Crippen molar-refractivity contribution in [2.45, 2.75) is 20.4 Å². The molecule has 0 saturated heterocycles. The molecule has 0 spiro atoms. The second-order valence-corrected chi connectivity index (χ2v) is 5.45. The normalized spacial score (nSPS) is 11.8. The molecule has 0 unspecified atom stereocenters. The van der Waals surface area contributed by atoms with E-state index in [0.717, 1.165) is 27.1 Å². The van der Waals surface area contributed by atoms with E-state index in [4.69, 9.17) is 10.7 Å². The summed E-state index contributed by atoms with van der Waals surface area (Å²) in [6.07, 6.45) is 0. The fourth-order valence-corrected chi connectivity index (χ4v) is 3.32. The van der Waals surface area contributed by atoms with Crippen LogP contribution in [-0.2, 0) is 13.6 Å². The van der Waals surface area contributed by atoms with Crippen molar-refractivity contribution < 1.29 is 0 Å². The molecule has 0 fully saturated rings. The van der Waals surface area contributed by atoms with Crippen LogP contribution < -0.4 is 5.73 Å². The maximum Gasteiger partial charge on any atom is 0.215 e. The third kappa shape index (κ3) is 1.37. The molecule has 0 radical (unpaired) electrons. The molecule has 94 valence electrons. The van der Waals surface area contributed by atoms with Crippen molar-refractivity contribution in [1.29, 1.82) is 0 Å². The van der Waals surface area contributed by atoms with Gasteiger partial charge in [0.25, 0.3) is 0 Å². The number of rotatable bonds is 1. The fraction of sp³-hybridized carbons (Fsp3) is 0.308. The smallest absolute Gasteiger partial charge is 0.215 e. The van der Waals surface area contributed by atoms with Gasteiger partial charge in [-0.2, -0.15) is 0 Å². The largest absolute Gasteiger partial charge is 0.325 e. The number of aromatic nitrogens is 3. The Morgan fingerprint density at radius 1 is 1.33 bits per heavy atom. The highest BCUT2D eigenvalue weighted by Crippen LogP contribution is 2.28. The summed E-state index contributed by atoms with van der Waals surface area (Å²) < 4.78 is 5.16. The first kappa shape index (κ1) is 11.7. The molecule has 2 N–H and O–H groups in total. The van der Waals surface area contributed by atoms with Crippen molar-refractivity contribution in [3.8, 4) is 0 Å². The van der Waals surface area contributed by atoms with E-state index in [-0.39, 0.29) is 0 Å². The number of imidazole rings is 2. The van der Waals surface area contributed by atoms with Gasteiger partial charge in [-0.3, -0.25) is 4.40 Å². The topological polar surface area (TPSA) is 48.2 Å². The summed E-state index contributed by atoms with van der Waals surface area (Å²) in [4.78, 5) is 4.73. The summed E-state index contributed by atoms with van der Waals surface area (Å²) in [6.45, 7) is 4.69. The molecule has 0 atom stereocenters. The zero-order valence-corrected chi connectivity index (χ0v) is 12.2. The Kier molecular flexibility index (Phi) is 2.50. The molecule has 0 aliphatic rings. The third-order valence-electron chi connectivity index (χ3n) is 3.41. The van der Waals surface area contributed by atoms with Gasteiger partial charge in [-0.05, 0) is 47.0 Å². The lowest BCUT2D eigenvalue weighted by Crippen LogP contribution is -2.04. The van der Waals surface area contributed by atoms with Crippen LogP contribution in [0.4, 0.5) is 0 Å². The molecule has 0 aliphatic heterocycles. The second kappa shape index (κ2) is 3.83. The molecule has 1 aromatic carbocycles. The lowest BCUT2D eigenvalue weighted by atomic mass is 10.1. The predicted octanol–water partition coefficient (Wildman–Crippen LogP) is 2.66. The van der Waals surface area contributed by atoms with Crippen LogP contribution in [0.5, 0.6) is 0 Å². The predicted molar refractivity (Wildman–Crippen MR) is 76.7 cm³/mol. The Balaban J connectivity index is 2.57. The highest BCUT2D eigenvalue weighted by molar-refractivity contribution is 9.10. The molecule has 2 aromatic heterocycles. The van der Waals surface area contributed by atoms with Crippen LogP contribution in [0.3, 0.4) is 0 Å². The van der Waals surface area contributed by atoms with E-state index < -0.39 is 0 Å². The van der Waals surface area contributed by atoms with E-state index in [1.54, 1.807) is 0 Å². The first-order valence-corrected chi connectivity index (χ1v) is 6.66. The highest BCUT2D eigenvalue weighted by Gasteiger charge is 2.17. The minimum absolute atomic E-state index is 0.493. The van der Waals surface area contributed by atoms with Crippen molar-refractivity contribution in [2.75, 3.05) is 0 Å². The first-order valence-electron chi connectivity index (χ1n) is 5.87. The Labute approximate surface area is 114 Å². The second-order valence-electron chi connectivity index (χ2n) is 4.70. The van der Waals surface area contributed by atoms with E-state index in [2.05, 4.69) is 46.3 Å². The summed E-state index contributed by atoms with van der Waals surface area (Å²) in [5, 5.41) is 0. The van der Waals surface area contributed by atoms with Crippen LogP contribution in [0.15, 0.2) is 16.7 Å². The molecule has 0 saturated carbocycles. The van der Waals surface area contributed by atoms with E-state index in [0.29, 0.717) is 6.54 Å². The fourth-order valence-electron chi connectivity index (χ4n) is 2.54. The van der Waals surface area contributed by atoms with Crippen LogP contribution >= 0.6 is 15.9 Å². The maximum absolute atomic E-state index is 5.79. The number of hydrogen-bond acceptors (Lipinski definition) is 2. The monoisotopic (exact) mass is 306 g/mol. The maximum atomic E-state index is 5.79. The minimum atomic E-state index is 0.493. The van der Waals surface area contributed by atoms with Gasteiger partial charge in [-0.15, -0.1) is 0 Å². The van der Waals surface area contributed by atoms with Crippen molar-refractivity contribution in [1.82, 2.24) is 14.0 Å². The average Bonchev–Trinajstić information content (AvgIpc) is 2.78. The van der Waals surface area contributed by atoms with Crippen LogP contribution in [0.2, 0.25) is 0 Å². The van der Waals surface area contributed by atoms with Crippen LogP contribution in [0.25, 0.3) is 16.8 Å². The van der Waals surface area contributed by atoms with Gasteiger partial charge >= 0.3 is 0 Å². The standard InChI is InChI=1S/C13H15BrN4/c1-7-4-8(2)11-9(5-7)18-12(14)10(6-15)17(3)13(18)16-11/h4-5H,6,15H2,1-3H3. The van der Waals surface area contributed by atoms with Crippen molar-refractivity contribution in [3.05, 3.63) is 33.6 Å². The zero-order valence-electron chi connectivity index (χ0n) is 10.7. The van der Waals surface area contributed by atoms with Crippen LogP contribution in [-0.4, -0.2) is 14.0 Å². The van der Waals surface area contributed by atoms with E-state index >= 15 is 0 Å². The molecule has 3 aromatic rings. The lowest BCUT2D eigenvalue weighted by molar-refractivity contribution is 0.836. The molecule has 5 heteroatoms. The average molecular weight is 307 g/mol. The molecular weight excluding hydrogens is 292 g/mol. The lowest BCUT2D eigenvalue weighted by Gasteiger charge is -2.01. The van der Waals surface area contributed by atoms with Crippen molar-refractivity contribution in [2.24, 2.45) is 12.8 Å². The van der Waals surface area contributed by atoms with E-state index in [9.17, 15) is 0 Å². The molecule has 0 amide bonds. The number of aryl methyl sites for hydroxylation is 3. The van der Waals surface area contributed by atoms with Gasteiger partial charge in [-0.25, -0.2) is 4.98 Å². The Morgan fingerprint density at radius 2 is 2.06 bits per heavy atom. The zero-order chi connectivity index (χ0) is 13.0. The van der Waals surface area contributed by atoms with E-state index in [1.807, 2.05) is 11.6 Å². The van der Waals surface area contributed by atoms with Gasteiger partial charge in [0.1, 0.15) is 4.60 Å². The summed E-state index contributed by atoms with van der Waals surface area (Å²) in [5.74, 6) is 0.922. The number of nitrogens with two attached hydrogens (primary N) is 1. The Morgan fingerprint density at radius 3 is 2.72 bits per heavy atom. The van der Waals surface area contributed by atoms with Crippen LogP contribution in [0, 0.1) is 13.8 Å². The van der Waals surface area contributed by atoms with Gasteiger partial charge in [-0.1, -0.05) is 6.07 Å². The Hall–Kier alpha value is -1.33. The number of hydrogen-bond donors (Lipinski definition) is 1. The number of nitrogens with zero attached hydrogens (tertiary/aromatic N) is 3. The first-order chi connectivity index (χ1) is 8.54. The third-order valence-corrected chi connectivity index (χ3v) is 4.22. The van der Waals surface area contributed by atoms with Crippen molar-refractivity contribution >= 4 is 32.7 Å². The quantitative estimate of drug-likeness (QED) is 0.751. The number of halogens is 1. The minimum Gasteiger partial charge on any atom is -0.325 e. The summed E-state index contributed by atoms with van der Waals surface area (Å²) in [7, 11) is 2.00. The molecule has 2 heterocycles. The number of benzene rings is 1. The number of fused-ring (bicyclic) bond motifs is 3. The molecule has 0 aliphatic carbocycles. The molecule has 4 nitrogen and oxygen atoms in total. The van der Waals surface area contributed by atoms with Gasteiger partial charge < -0.3 is 10.3 Å². The van der Waals surface area contributed by atoms with Crippen LogP contribution in [0.1, 0.15) is 16.8 Å². The SMILES string of the molecule is Cc1cc(C)c2nc3n(C)c(CN)c(Br)n3c2c1. The molecular formula is C13H15BrN4. The van der Waals surface area contributed by atoms with Gasteiger partial charge in [0.15, 0.2) is 0 Å². The van der Waals surface area contributed by atoms with Gasteiger partial charge in [0.05, 0.1) is 16.7 Å². The molecule has 3 rings (SSSR count). The highest BCUT2D eigenvalue weighted by atomic mass is 79.9. The Bertz CT molecular complexity index is 767. The van der Waals surface area contributed by atoms with Crippen molar-refractivity contribution in [3.63, 3.8) is 0 Å². The van der Waals surface area contributed by atoms with Gasteiger partial charge in [0, 0.05) is 13.6 Å². The summed E-state index contributed by atoms with van der Waals surface area (Å²) in [5.41, 5.74) is 11.5. The van der Waals surface area contributed by atoms with Gasteiger partial charge in [0.2, 0.25) is 5.78 Å².